The third-order valence-corrected chi connectivity index (χ3v) is 4.84. The maximum atomic E-state index is 13.5. The van der Waals surface area contributed by atoms with Gasteiger partial charge < -0.3 is 10.3 Å². The smallest absolute Gasteiger partial charge is 0.123 e. The molecule has 1 unspecified atom stereocenters. The van der Waals surface area contributed by atoms with Crippen LogP contribution in [0, 0.1) is 9.39 Å². The van der Waals surface area contributed by atoms with Gasteiger partial charge in [0, 0.05) is 26.7 Å². The molecule has 0 saturated carbocycles. The van der Waals surface area contributed by atoms with Crippen molar-refractivity contribution in [2.45, 2.75) is 12.5 Å². The van der Waals surface area contributed by atoms with Crippen LogP contribution in [0.3, 0.4) is 0 Å². The van der Waals surface area contributed by atoms with Crippen molar-refractivity contribution in [3.05, 3.63) is 68.7 Å². The molecule has 106 valence electrons. The summed E-state index contributed by atoms with van der Waals surface area (Å²) in [4.78, 5) is 3.48. The van der Waals surface area contributed by atoms with Crippen molar-refractivity contribution in [1.29, 1.82) is 0 Å². The van der Waals surface area contributed by atoms with Gasteiger partial charge in [-0.25, -0.2) is 4.39 Å². The summed E-state index contributed by atoms with van der Waals surface area (Å²) in [7, 11) is 0. The number of aromatic nitrogens is 1. The highest BCUT2D eigenvalue weighted by Crippen LogP contribution is 2.33. The van der Waals surface area contributed by atoms with Gasteiger partial charge in [0.2, 0.25) is 0 Å². The van der Waals surface area contributed by atoms with E-state index in [-0.39, 0.29) is 11.9 Å². The minimum absolute atomic E-state index is 0.154. The third kappa shape index (κ3) is 2.26. The van der Waals surface area contributed by atoms with Gasteiger partial charge in [-0.3, -0.25) is 0 Å². The number of hydrogen-bond donors (Lipinski definition) is 2. The van der Waals surface area contributed by atoms with E-state index in [0.29, 0.717) is 0 Å². The molecule has 2 N–H and O–H groups in total. The van der Waals surface area contributed by atoms with E-state index in [1.165, 1.54) is 26.5 Å². The van der Waals surface area contributed by atoms with Crippen molar-refractivity contribution >= 4 is 33.5 Å². The fraction of sp³-hybridized carbons (Fsp3) is 0.176. The van der Waals surface area contributed by atoms with Crippen molar-refractivity contribution in [2.24, 2.45) is 0 Å². The Morgan fingerprint density at radius 3 is 2.71 bits per heavy atom. The molecule has 0 amide bonds. The Morgan fingerprint density at radius 1 is 1.10 bits per heavy atom. The summed E-state index contributed by atoms with van der Waals surface area (Å²) >= 11 is 2.31. The van der Waals surface area contributed by atoms with Gasteiger partial charge in [0.25, 0.3) is 0 Å². The lowest BCUT2D eigenvalue weighted by atomic mass is 9.94. The SMILES string of the molecule is Fc1ccc2[nH]c3c(c2c1)CCNC3c1ccc(I)cc1. The summed E-state index contributed by atoms with van der Waals surface area (Å²) in [5.41, 5.74) is 4.67. The van der Waals surface area contributed by atoms with Gasteiger partial charge in [-0.1, -0.05) is 12.1 Å². The molecular weight excluding hydrogens is 378 g/mol. The van der Waals surface area contributed by atoms with Crippen molar-refractivity contribution in [3.8, 4) is 0 Å². The van der Waals surface area contributed by atoms with Gasteiger partial charge in [-0.05, 0) is 70.5 Å². The molecule has 3 aromatic rings. The fourth-order valence-corrected chi connectivity index (χ4v) is 3.50. The second-order valence-electron chi connectivity index (χ2n) is 5.40. The zero-order valence-electron chi connectivity index (χ0n) is 11.3. The monoisotopic (exact) mass is 392 g/mol. The zero-order valence-corrected chi connectivity index (χ0v) is 13.4. The van der Waals surface area contributed by atoms with Crippen LogP contribution in [0.1, 0.15) is 22.9 Å². The minimum atomic E-state index is -0.173. The quantitative estimate of drug-likeness (QED) is 0.599. The van der Waals surface area contributed by atoms with Crippen LogP contribution < -0.4 is 5.32 Å². The lowest BCUT2D eigenvalue weighted by Crippen LogP contribution is -2.30. The van der Waals surface area contributed by atoms with E-state index >= 15 is 0 Å². The van der Waals surface area contributed by atoms with Crippen LogP contribution in [0.15, 0.2) is 42.5 Å². The predicted molar refractivity (Wildman–Crippen MR) is 91.0 cm³/mol. The van der Waals surface area contributed by atoms with Gasteiger partial charge in [-0.2, -0.15) is 0 Å². The molecule has 1 aliphatic rings. The van der Waals surface area contributed by atoms with Crippen LogP contribution >= 0.6 is 22.6 Å². The Labute approximate surface area is 135 Å². The average molecular weight is 392 g/mol. The summed E-state index contributed by atoms with van der Waals surface area (Å²) in [6.07, 6.45) is 0.930. The lowest BCUT2D eigenvalue weighted by Gasteiger charge is -2.24. The molecule has 0 aliphatic carbocycles. The molecule has 0 fully saturated rings. The van der Waals surface area contributed by atoms with E-state index in [0.717, 1.165) is 23.9 Å². The molecule has 0 bridgehead atoms. The normalized spacial score (nSPS) is 17.9. The highest BCUT2D eigenvalue weighted by molar-refractivity contribution is 14.1. The average Bonchev–Trinajstić information content (AvgIpc) is 2.86. The maximum Gasteiger partial charge on any atom is 0.123 e. The Hall–Kier alpha value is -1.40. The largest absolute Gasteiger partial charge is 0.357 e. The lowest BCUT2D eigenvalue weighted by molar-refractivity contribution is 0.560. The van der Waals surface area contributed by atoms with Crippen LogP contribution in [0.5, 0.6) is 0 Å². The third-order valence-electron chi connectivity index (χ3n) is 4.12. The number of halogens is 2. The summed E-state index contributed by atoms with van der Waals surface area (Å²) in [6.45, 7) is 0.910. The van der Waals surface area contributed by atoms with E-state index in [2.05, 4.69) is 57.2 Å². The molecule has 1 aromatic heterocycles. The number of benzene rings is 2. The summed E-state index contributed by atoms with van der Waals surface area (Å²) in [6, 6.07) is 13.7. The Kier molecular flexibility index (Phi) is 3.23. The number of H-pyrrole nitrogens is 1. The molecule has 2 nitrogen and oxygen atoms in total. The molecular formula is C17H14FIN2. The number of nitrogens with one attached hydrogen (secondary N) is 2. The molecule has 1 aliphatic heterocycles. The number of hydrogen-bond acceptors (Lipinski definition) is 1. The molecule has 21 heavy (non-hydrogen) atoms. The van der Waals surface area contributed by atoms with Crippen LogP contribution in [0.2, 0.25) is 0 Å². The van der Waals surface area contributed by atoms with Gasteiger partial charge in [-0.15, -0.1) is 0 Å². The number of rotatable bonds is 1. The number of fused-ring (bicyclic) bond motifs is 3. The Balaban J connectivity index is 1.88. The van der Waals surface area contributed by atoms with Crippen LogP contribution in [0.4, 0.5) is 4.39 Å². The first-order chi connectivity index (χ1) is 10.2. The first kappa shape index (κ1) is 13.3. The molecule has 0 spiro atoms. The van der Waals surface area contributed by atoms with Crippen molar-refractivity contribution in [2.75, 3.05) is 6.54 Å². The second-order valence-corrected chi connectivity index (χ2v) is 6.64. The van der Waals surface area contributed by atoms with E-state index in [9.17, 15) is 4.39 Å². The number of aromatic amines is 1. The molecule has 2 heterocycles. The molecule has 1 atom stereocenters. The predicted octanol–water partition coefficient (Wildman–Crippen LogP) is 4.15. The zero-order chi connectivity index (χ0) is 14.4. The van der Waals surface area contributed by atoms with E-state index in [1.807, 2.05) is 6.07 Å². The summed E-state index contributed by atoms with van der Waals surface area (Å²) in [5.74, 6) is -0.173. The van der Waals surface area contributed by atoms with E-state index in [4.69, 9.17) is 0 Å². The van der Waals surface area contributed by atoms with Crippen LogP contribution in [-0.4, -0.2) is 11.5 Å². The highest BCUT2D eigenvalue weighted by atomic mass is 127. The van der Waals surface area contributed by atoms with Gasteiger partial charge in [0.1, 0.15) is 5.82 Å². The topological polar surface area (TPSA) is 27.8 Å². The fourth-order valence-electron chi connectivity index (χ4n) is 3.14. The summed E-state index contributed by atoms with van der Waals surface area (Å²) < 4.78 is 14.7. The molecule has 4 rings (SSSR count). The standard InChI is InChI=1S/C17H14FIN2/c18-11-3-6-15-14(9-11)13-7-8-20-16(17(13)21-15)10-1-4-12(19)5-2-10/h1-6,9,16,20-21H,7-8H2. The van der Waals surface area contributed by atoms with Gasteiger partial charge >= 0.3 is 0 Å². The van der Waals surface area contributed by atoms with Gasteiger partial charge in [0.15, 0.2) is 0 Å². The Morgan fingerprint density at radius 2 is 1.90 bits per heavy atom. The minimum Gasteiger partial charge on any atom is -0.357 e. The van der Waals surface area contributed by atoms with Crippen molar-refractivity contribution < 1.29 is 4.39 Å². The molecule has 2 aromatic carbocycles. The van der Waals surface area contributed by atoms with Gasteiger partial charge in [0.05, 0.1) is 6.04 Å². The molecule has 0 radical (unpaired) electrons. The molecule has 0 saturated heterocycles. The first-order valence-corrected chi connectivity index (χ1v) is 8.09. The Bertz CT molecular complexity index is 808. The van der Waals surface area contributed by atoms with Crippen LogP contribution in [-0.2, 0) is 6.42 Å². The first-order valence-electron chi connectivity index (χ1n) is 7.01. The van der Waals surface area contributed by atoms with Crippen molar-refractivity contribution in [1.82, 2.24) is 10.3 Å². The van der Waals surface area contributed by atoms with E-state index < -0.39 is 0 Å². The van der Waals surface area contributed by atoms with Crippen molar-refractivity contribution in [3.63, 3.8) is 0 Å². The second kappa shape index (κ2) is 5.10. The van der Waals surface area contributed by atoms with Crippen LogP contribution in [0.25, 0.3) is 10.9 Å². The highest BCUT2D eigenvalue weighted by Gasteiger charge is 2.25. The van der Waals surface area contributed by atoms with E-state index in [1.54, 1.807) is 6.07 Å². The summed E-state index contributed by atoms with van der Waals surface area (Å²) in [5, 5.41) is 4.57. The maximum absolute atomic E-state index is 13.5. The molecule has 4 heteroatoms.